The van der Waals surface area contributed by atoms with Crippen LogP contribution < -0.4 is 4.72 Å². The van der Waals surface area contributed by atoms with Crippen molar-refractivity contribution < 1.29 is 18.3 Å². The largest absolute Gasteiger partial charge is 0.393 e. The van der Waals surface area contributed by atoms with Gasteiger partial charge in [-0.1, -0.05) is 0 Å². The Morgan fingerprint density at radius 3 is 2.44 bits per heavy atom. The predicted molar refractivity (Wildman–Crippen MR) is 68.5 cm³/mol. The molecule has 0 aromatic heterocycles. The van der Waals surface area contributed by atoms with Crippen LogP contribution in [0.2, 0.25) is 0 Å². The minimum absolute atomic E-state index is 0.0358. The molecule has 0 radical (unpaired) electrons. The van der Waals surface area contributed by atoms with Gasteiger partial charge in [-0.15, -0.1) is 0 Å². The maximum Gasteiger partial charge on any atom is 0.222 e. The smallest absolute Gasteiger partial charge is 0.222 e. The molecule has 1 unspecified atom stereocenters. The molecule has 0 aromatic rings. The van der Waals surface area contributed by atoms with Crippen LogP contribution in [-0.4, -0.2) is 55.8 Å². The quantitative estimate of drug-likeness (QED) is 0.722. The molecule has 1 heterocycles. The molecule has 0 spiro atoms. The fourth-order valence-corrected chi connectivity index (χ4v) is 2.88. The molecule has 106 valence electrons. The molecule has 1 amide bonds. The summed E-state index contributed by atoms with van der Waals surface area (Å²) >= 11 is 0. The normalized spacial score (nSPS) is 19.8. The maximum absolute atomic E-state index is 11.8. The molecule has 18 heavy (non-hydrogen) atoms. The Labute approximate surface area is 108 Å². The summed E-state index contributed by atoms with van der Waals surface area (Å²) in [6, 6.07) is -0.0687. The Kier molecular flexibility index (Phi) is 5.55. The fourth-order valence-electron chi connectivity index (χ4n) is 2.04. The van der Waals surface area contributed by atoms with Crippen molar-refractivity contribution in [2.75, 3.05) is 19.3 Å². The van der Waals surface area contributed by atoms with Crippen LogP contribution in [-0.2, 0) is 14.8 Å². The average Bonchev–Trinajstić information content (AvgIpc) is 2.24. The zero-order valence-corrected chi connectivity index (χ0v) is 11.7. The van der Waals surface area contributed by atoms with Gasteiger partial charge in [0.25, 0.3) is 0 Å². The fraction of sp³-hybridized carbons (Fsp3) is 0.909. The molecule has 1 aliphatic heterocycles. The van der Waals surface area contributed by atoms with Crippen molar-refractivity contribution in [2.24, 2.45) is 0 Å². The highest BCUT2D eigenvalue weighted by Crippen LogP contribution is 2.13. The van der Waals surface area contributed by atoms with Crippen molar-refractivity contribution in [3.05, 3.63) is 0 Å². The van der Waals surface area contributed by atoms with Crippen molar-refractivity contribution in [2.45, 2.75) is 44.8 Å². The second kappa shape index (κ2) is 6.49. The molecule has 6 nitrogen and oxygen atoms in total. The predicted octanol–water partition coefficient (Wildman–Crippen LogP) is -0.312. The number of carbonyl (C=O) groups excluding carboxylic acids is 1. The van der Waals surface area contributed by atoms with Crippen LogP contribution >= 0.6 is 0 Å². The van der Waals surface area contributed by atoms with E-state index in [0.717, 1.165) is 6.26 Å². The highest BCUT2D eigenvalue weighted by atomic mass is 32.2. The Morgan fingerprint density at radius 2 is 2.00 bits per heavy atom. The molecule has 0 aliphatic carbocycles. The lowest BCUT2D eigenvalue weighted by molar-refractivity contribution is -0.132. The van der Waals surface area contributed by atoms with Crippen molar-refractivity contribution in [1.82, 2.24) is 9.62 Å². The van der Waals surface area contributed by atoms with Gasteiger partial charge in [0.05, 0.1) is 12.4 Å². The van der Waals surface area contributed by atoms with Gasteiger partial charge in [0.2, 0.25) is 15.9 Å². The van der Waals surface area contributed by atoms with Crippen LogP contribution in [0.1, 0.15) is 32.6 Å². The van der Waals surface area contributed by atoms with E-state index >= 15 is 0 Å². The number of rotatable bonds is 5. The van der Waals surface area contributed by atoms with Gasteiger partial charge in [0.1, 0.15) is 0 Å². The van der Waals surface area contributed by atoms with E-state index in [4.69, 9.17) is 5.11 Å². The van der Waals surface area contributed by atoms with Crippen molar-refractivity contribution in [3.63, 3.8) is 0 Å². The number of aliphatic hydroxyl groups excluding tert-OH is 1. The van der Waals surface area contributed by atoms with Crippen LogP contribution in [0.25, 0.3) is 0 Å². The summed E-state index contributed by atoms with van der Waals surface area (Å²) in [5.74, 6) is 0.0358. The monoisotopic (exact) mass is 278 g/mol. The van der Waals surface area contributed by atoms with Crippen LogP contribution in [0, 0.1) is 0 Å². The third-order valence-electron chi connectivity index (χ3n) is 3.00. The standard InChI is InChI=1S/C11H22N2O4S/c1-9(14)3-4-11(15)13-7-5-10(6-8-13)12-18(2,16)17/h9-10,12,14H,3-8H2,1-2H3. The minimum atomic E-state index is -3.17. The summed E-state index contributed by atoms with van der Waals surface area (Å²) in [5, 5.41) is 9.12. The molecule has 0 bridgehead atoms. The number of hydrogen-bond donors (Lipinski definition) is 2. The minimum Gasteiger partial charge on any atom is -0.393 e. The Hall–Kier alpha value is -0.660. The highest BCUT2D eigenvalue weighted by Gasteiger charge is 2.24. The maximum atomic E-state index is 11.8. The van der Waals surface area contributed by atoms with Crippen molar-refractivity contribution in [3.8, 4) is 0 Å². The van der Waals surface area contributed by atoms with Gasteiger partial charge in [-0.25, -0.2) is 13.1 Å². The average molecular weight is 278 g/mol. The number of amides is 1. The number of nitrogens with one attached hydrogen (secondary N) is 1. The second-order valence-electron chi connectivity index (χ2n) is 4.93. The summed E-state index contributed by atoms with van der Waals surface area (Å²) in [6.45, 7) is 2.81. The van der Waals surface area contributed by atoms with E-state index < -0.39 is 16.1 Å². The van der Waals surface area contributed by atoms with Crippen molar-refractivity contribution >= 4 is 15.9 Å². The van der Waals surface area contributed by atoms with Gasteiger partial charge in [-0.3, -0.25) is 4.79 Å². The summed E-state index contributed by atoms with van der Waals surface area (Å²) < 4.78 is 24.7. The van der Waals surface area contributed by atoms with E-state index in [1.807, 2.05) is 0 Å². The number of nitrogens with zero attached hydrogens (tertiary/aromatic N) is 1. The zero-order valence-electron chi connectivity index (χ0n) is 10.9. The number of hydrogen-bond acceptors (Lipinski definition) is 4. The number of carbonyl (C=O) groups is 1. The SMILES string of the molecule is CC(O)CCC(=O)N1CCC(NS(C)(=O)=O)CC1. The molecular formula is C11H22N2O4S. The van der Waals surface area contributed by atoms with E-state index in [0.29, 0.717) is 38.8 Å². The molecular weight excluding hydrogens is 256 g/mol. The van der Waals surface area contributed by atoms with E-state index in [9.17, 15) is 13.2 Å². The van der Waals surface area contributed by atoms with Crippen molar-refractivity contribution in [1.29, 1.82) is 0 Å². The van der Waals surface area contributed by atoms with Crippen LogP contribution in [0.15, 0.2) is 0 Å². The Bertz CT molecular complexity index is 373. The van der Waals surface area contributed by atoms with Gasteiger partial charge in [-0.2, -0.15) is 0 Å². The molecule has 0 aromatic carbocycles. The molecule has 0 saturated carbocycles. The van der Waals surface area contributed by atoms with E-state index in [1.54, 1.807) is 11.8 Å². The van der Waals surface area contributed by atoms with Gasteiger partial charge in [0, 0.05) is 25.6 Å². The second-order valence-corrected chi connectivity index (χ2v) is 6.71. The van der Waals surface area contributed by atoms with Crippen LogP contribution in [0.3, 0.4) is 0 Å². The van der Waals surface area contributed by atoms with Crippen LogP contribution in [0.4, 0.5) is 0 Å². The number of sulfonamides is 1. The first kappa shape index (κ1) is 15.4. The molecule has 1 aliphatic rings. The highest BCUT2D eigenvalue weighted by molar-refractivity contribution is 7.88. The van der Waals surface area contributed by atoms with E-state index in [1.165, 1.54) is 0 Å². The van der Waals surface area contributed by atoms with Gasteiger partial charge in [-0.05, 0) is 26.2 Å². The van der Waals surface area contributed by atoms with Gasteiger partial charge < -0.3 is 10.0 Å². The number of piperidine rings is 1. The molecule has 1 saturated heterocycles. The Morgan fingerprint density at radius 1 is 1.44 bits per heavy atom. The zero-order chi connectivity index (χ0) is 13.8. The van der Waals surface area contributed by atoms with E-state index in [2.05, 4.69) is 4.72 Å². The summed E-state index contributed by atoms with van der Waals surface area (Å²) in [4.78, 5) is 13.5. The topological polar surface area (TPSA) is 86.7 Å². The number of likely N-dealkylation sites (tertiary alicyclic amines) is 1. The first-order chi connectivity index (χ1) is 8.28. The first-order valence-electron chi connectivity index (χ1n) is 6.21. The molecule has 1 rings (SSSR count). The van der Waals surface area contributed by atoms with E-state index in [-0.39, 0.29) is 11.9 Å². The number of aliphatic hydroxyl groups is 1. The third-order valence-corrected chi connectivity index (χ3v) is 3.77. The summed E-state index contributed by atoms with van der Waals surface area (Å²) in [7, 11) is -3.17. The van der Waals surface area contributed by atoms with Gasteiger partial charge in [0.15, 0.2) is 0 Å². The summed E-state index contributed by atoms with van der Waals surface area (Å²) in [5.41, 5.74) is 0. The lowest BCUT2D eigenvalue weighted by atomic mass is 10.1. The van der Waals surface area contributed by atoms with Crippen LogP contribution in [0.5, 0.6) is 0 Å². The molecule has 1 fully saturated rings. The third kappa shape index (κ3) is 5.79. The first-order valence-corrected chi connectivity index (χ1v) is 8.10. The molecule has 2 N–H and O–H groups in total. The Balaban J connectivity index is 2.33. The lowest BCUT2D eigenvalue weighted by Gasteiger charge is -2.32. The van der Waals surface area contributed by atoms with Gasteiger partial charge >= 0.3 is 0 Å². The lowest BCUT2D eigenvalue weighted by Crippen LogP contribution is -2.46. The summed E-state index contributed by atoms with van der Waals surface area (Å²) in [6.07, 6.45) is 2.80. The molecule has 1 atom stereocenters. The molecule has 7 heteroatoms.